The number of carboxylic acid groups (broad SMARTS) is 1. The molecule has 5 heteroatoms. The molecular weight excluding hydrogens is 248 g/mol. The smallest absolute Gasteiger partial charge is 0.337 e. The second-order valence-corrected chi connectivity index (χ2v) is 5.15. The number of thiophene rings is 1. The number of carboxylic acids is 1. The van der Waals surface area contributed by atoms with Crippen LogP contribution < -0.4 is 0 Å². The molecule has 0 aliphatic rings. The van der Waals surface area contributed by atoms with Crippen LogP contribution in [0.4, 0.5) is 0 Å². The molecule has 0 bridgehead atoms. The molecule has 0 spiro atoms. The summed E-state index contributed by atoms with van der Waals surface area (Å²) >= 11 is 7.28. The Bertz CT molecular complexity index is 562. The van der Waals surface area contributed by atoms with Gasteiger partial charge in [-0.15, -0.1) is 11.3 Å². The summed E-state index contributed by atoms with van der Waals surface area (Å²) in [6.45, 7) is 1.79. The van der Waals surface area contributed by atoms with Crippen molar-refractivity contribution < 1.29 is 15.0 Å². The largest absolute Gasteiger partial charge is 0.479 e. The van der Waals surface area contributed by atoms with Crippen molar-refractivity contribution in [1.29, 1.82) is 0 Å². The van der Waals surface area contributed by atoms with Crippen molar-refractivity contribution in [3.8, 4) is 0 Å². The van der Waals surface area contributed by atoms with E-state index in [0.29, 0.717) is 10.6 Å². The minimum absolute atomic E-state index is 0.462. The van der Waals surface area contributed by atoms with Gasteiger partial charge in [0.05, 0.1) is 0 Å². The average Bonchev–Trinajstić information content (AvgIpc) is 2.51. The topological polar surface area (TPSA) is 57.5 Å². The Morgan fingerprint density at radius 2 is 2.19 bits per heavy atom. The van der Waals surface area contributed by atoms with Crippen LogP contribution in [0.3, 0.4) is 0 Å². The zero-order valence-corrected chi connectivity index (χ0v) is 9.97. The number of rotatable bonds is 2. The summed E-state index contributed by atoms with van der Waals surface area (Å²) in [5.41, 5.74) is 0.462. The first-order valence-corrected chi connectivity index (χ1v) is 5.79. The highest BCUT2D eigenvalue weighted by Crippen LogP contribution is 2.36. The lowest BCUT2D eigenvalue weighted by Crippen LogP contribution is -2.10. The van der Waals surface area contributed by atoms with Gasteiger partial charge in [-0.25, -0.2) is 4.79 Å². The number of carbonyl (C=O) groups is 1. The first-order chi connectivity index (χ1) is 7.50. The fourth-order valence-corrected chi connectivity index (χ4v) is 3.05. The minimum atomic E-state index is -1.48. The summed E-state index contributed by atoms with van der Waals surface area (Å²) < 4.78 is 0.889. The zero-order chi connectivity index (χ0) is 11.9. The van der Waals surface area contributed by atoms with Crippen molar-refractivity contribution in [3.63, 3.8) is 0 Å². The summed E-state index contributed by atoms with van der Waals surface area (Å²) in [5.74, 6) is -1.24. The van der Waals surface area contributed by atoms with Crippen LogP contribution in [-0.4, -0.2) is 16.2 Å². The van der Waals surface area contributed by atoms with E-state index in [2.05, 4.69) is 0 Å². The third kappa shape index (κ3) is 1.80. The van der Waals surface area contributed by atoms with Gasteiger partial charge >= 0.3 is 5.97 Å². The van der Waals surface area contributed by atoms with E-state index in [9.17, 15) is 9.90 Å². The number of aliphatic hydroxyl groups is 1. The molecule has 1 aromatic carbocycles. The van der Waals surface area contributed by atoms with Crippen LogP contribution in [0, 0.1) is 6.92 Å². The second-order valence-electron chi connectivity index (χ2n) is 3.45. The standard InChI is InChI=1S/C11H9ClO3S/c1-5-9(10(13)11(14)15)7-3-2-6(12)4-8(7)16-5/h2-4,10,13H,1H3,(H,14,15). The van der Waals surface area contributed by atoms with Crippen LogP contribution in [0.2, 0.25) is 5.02 Å². The summed E-state index contributed by atoms with van der Waals surface area (Å²) in [5, 5.41) is 19.8. The molecule has 1 aromatic heterocycles. The summed E-state index contributed by atoms with van der Waals surface area (Å²) in [6, 6.07) is 5.20. The van der Waals surface area contributed by atoms with Crippen LogP contribution in [0.15, 0.2) is 18.2 Å². The van der Waals surface area contributed by atoms with Crippen LogP contribution >= 0.6 is 22.9 Å². The van der Waals surface area contributed by atoms with Gasteiger partial charge < -0.3 is 10.2 Å². The lowest BCUT2D eigenvalue weighted by Gasteiger charge is -2.05. The molecule has 0 aliphatic carbocycles. The normalized spacial score (nSPS) is 12.9. The van der Waals surface area contributed by atoms with Gasteiger partial charge in [0.2, 0.25) is 0 Å². The quantitative estimate of drug-likeness (QED) is 0.869. The number of hydrogen-bond donors (Lipinski definition) is 2. The fourth-order valence-electron chi connectivity index (χ4n) is 1.68. The average molecular weight is 257 g/mol. The predicted molar refractivity (Wildman–Crippen MR) is 64.2 cm³/mol. The van der Waals surface area contributed by atoms with Gasteiger partial charge in [0.25, 0.3) is 0 Å². The summed E-state index contributed by atoms with van der Waals surface area (Å²) in [7, 11) is 0. The van der Waals surface area contributed by atoms with Crippen LogP contribution in [-0.2, 0) is 4.79 Å². The number of aryl methyl sites for hydroxylation is 1. The molecular formula is C11H9ClO3S. The highest BCUT2D eigenvalue weighted by Gasteiger charge is 2.22. The van der Waals surface area contributed by atoms with Gasteiger partial charge in [-0.2, -0.15) is 0 Å². The van der Waals surface area contributed by atoms with Gasteiger partial charge in [0.1, 0.15) is 0 Å². The molecule has 0 radical (unpaired) electrons. The lowest BCUT2D eigenvalue weighted by molar-refractivity contribution is -0.146. The molecule has 16 heavy (non-hydrogen) atoms. The van der Waals surface area contributed by atoms with E-state index in [1.54, 1.807) is 25.1 Å². The maximum absolute atomic E-state index is 10.8. The van der Waals surface area contributed by atoms with Crippen molar-refractivity contribution in [2.45, 2.75) is 13.0 Å². The van der Waals surface area contributed by atoms with Gasteiger partial charge in [-0.05, 0) is 24.4 Å². The number of aliphatic hydroxyl groups excluding tert-OH is 1. The molecule has 84 valence electrons. The third-order valence-corrected chi connectivity index (χ3v) is 3.70. The lowest BCUT2D eigenvalue weighted by atomic mass is 10.1. The number of aliphatic carboxylic acids is 1. The van der Waals surface area contributed by atoms with Crippen molar-refractivity contribution >= 4 is 39.0 Å². The molecule has 0 fully saturated rings. The number of halogens is 1. The molecule has 2 rings (SSSR count). The molecule has 1 atom stereocenters. The molecule has 0 aliphatic heterocycles. The maximum atomic E-state index is 10.8. The van der Waals surface area contributed by atoms with E-state index < -0.39 is 12.1 Å². The second kappa shape index (κ2) is 4.05. The molecule has 2 aromatic rings. The zero-order valence-electron chi connectivity index (χ0n) is 8.40. The molecule has 0 amide bonds. The fraction of sp³-hybridized carbons (Fsp3) is 0.182. The van der Waals surface area contributed by atoms with Gasteiger partial charge in [-0.1, -0.05) is 17.7 Å². The predicted octanol–water partition coefficient (Wildman–Crippen LogP) is 2.98. The highest BCUT2D eigenvalue weighted by atomic mass is 35.5. The van der Waals surface area contributed by atoms with Crippen molar-refractivity contribution in [2.24, 2.45) is 0 Å². The van der Waals surface area contributed by atoms with Gasteiger partial charge in [0.15, 0.2) is 6.10 Å². The molecule has 1 unspecified atom stereocenters. The summed E-state index contributed by atoms with van der Waals surface area (Å²) in [4.78, 5) is 11.6. The Balaban J connectivity index is 2.69. The van der Waals surface area contributed by atoms with E-state index in [1.165, 1.54) is 11.3 Å². The Morgan fingerprint density at radius 3 is 2.81 bits per heavy atom. The van der Waals surface area contributed by atoms with E-state index in [1.807, 2.05) is 0 Å². The van der Waals surface area contributed by atoms with Crippen LogP contribution in [0.25, 0.3) is 10.1 Å². The first-order valence-electron chi connectivity index (χ1n) is 4.60. The van der Waals surface area contributed by atoms with E-state index >= 15 is 0 Å². The Labute approximate surface area is 101 Å². The SMILES string of the molecule is Cc1sc2cc(Cl)ccc2c1C(O)C(=O)O. The minimum Gasteiger partial charge on any atom is -0.479 e. The Morgan fingerprint density at radius 1 is 1.50 bits per heavy atom. The van der Waals surface area contributed by atoms with E-state index in [-0.39, 0.29) is 0 Å². The molecule has 2 N–H and O–H groups in total. The monoisotopic (exact) mass is 256 g/mol. The summed E-state index contributed by atoms with van der Waals surface area (Å²) in [6.07, 6.45) is -1.48. The highest BCUT2D eigenvalue weighted by molar-refractivity contribution is 7.19. The molecule has 0 saturated carbocycles. The van der Waals surface area contributed by atoms with Crippen molar-refractivity contribution in [3.05, 3.63) is 33.7 Å². The third-order valence-electron chi connectivity index (χ3n) is 2.38. The number of hydrogen-bond acceptors (Lipinski definition) is 3. The number of fused-ring (bicyclic) bond motifs is 1. The van der Waals surface area contributed by atoms with Gasteiger partial charge in [-0.3, -0.25) is 0 Å². The maximum Gasteiger partial charge on any atom is 0.337 e. The first kappa shape index (κ1) is 11.4. The van der Waals surface area contributed by atoms with E-state index in [0.717, 1.165) is 15.0 Å². The van der Waals surface area contributed by atoms with Crippen LogP contribution in [0.1, 0.15) is 16.5 Å². The molecule has 1 heterocycles. The van der Waals surface area contributed by atoms with Gasteiger partial charge in [0, 0.05) is 20.2 Å². The van der Waals surface area contributed by atoms with Crippen molar-refractivity contribution in [2.75, 3.05) is 0 Å². The van der Waals surface area contributed by atoms with E-state index in [4.69, 9.17) is 16.7 Å². The Kier molecular flexibility index (Phi) is 2.88. The molecule has 0 saturated heterocycles. The Hall–Kier alpha value is -1.10. The van der Waals surface area contributed by atoms with Crippen LogP contribution in [0.5, 0.6) is 0 Å². The molecule has 3 nitrogen and oxygen atoms in total. The number of benzene rings is 1. The van der Waals surface area contributed by atoms with Crippen molar-refractivity contribution in [1.82, 2.24) is 0 Å².